The van der Waals surface area contributed by atoms with Crippen LogP contribution in [0, 0.1) is 16.8 Å². The fourth-order valence-electron chi connectivity index (χ4n) is 2.22. The Balaban J connectivity index is 2.12. The van der Waals surface area contributed by atoms with Gasteiger partial charge in [0.1, 0.15) is 0 Å². The fourth-order valence-corrected chi connectivity index (χ4v) is 2.22. The average molecular weight is 208 g/mol. The predicted molar refractivity (Wildman–Crippen MR) is 59.2 cm³/mol. The molecule has 82 valence electrons. The Labute approximate surface area is 89.9 Å². The molecule has 0 saturated heterocycles. The molecule has 1 N–H and O–H groups in total. The second-order valence-electron chi connectivity index (χ2n) is 5.39. The Hall–Kier alpha value is -1.12. The molecular weight excluding hydrogens is 191 g/mol. The molecule has 0 spiro atoms. The van der Waals surface area contributed by atoms with Gasteiger partial charge in [-0.3, -0.25) is 0 Å². The summed E-state index contributed by atoms with van der Waals surface area (Å²) >= 11 is 0. The van der Waals surface area contributed by atoms with Crippen LogP contribution in [-0.2, 0) is 0 Å². The summed E-state index contributed by atoms with van der Waals surface area (Å²) in [5, 5.41) is 3.36. The molecule has 0 radical (unpaired) electrons. The zero-order valence-corrected chi connectivity index (χ0v) is 9.63. The van der Waals surface area contributed by atoms with E-state index in [0.29, 0.717) is 6.04 Å². The van der Waals surface area contributed by atoms with Gasteiger partial charge in [0.05, 0.1) is 0 Å². The molecule has 1 aromatic heterocycles. The van der Waals surface area contributed by atoms with E-state index in [4.69, 9.17) is 0 Å². The summed E-state index contributed by atoms with van der Waals surface area (Å²) < 4.78 is 12.9. The SMILES string of the molecule is CC1(C)C(Nc2ccnc(F)c2)C1(C)C. The molecule has 1 aromatic rings. The molecule has 0 amide bonds. The number of hydrogen-bond donors (Lipinski definition) is 1. The molecule has 0 unspecified atom stereocenters. The standard InChI is InChI=1S/C12H17FN2/c1-11(2)10(12(11,3)4)15-8-5-6-14-9(13)7-8/h5-7,10H,1-4H3,(H,14,15). The molecule has 2 rings (SSSR count). The highest BCUT2D eigenvalue weighted by molar-refractivity contribution is 5.46. The van der Waals surface area contributed by atoms with Crippen molar-refractivity contribution in [2.75, 3.05) is 5.32 Å². The maximum Gasteiger partial charge on any atom is 0.214 e. The minimum atomic E-state index is -0.434. The van der Waals surface area contributed by atoms with Gasteiger partial charge in [-0.25, -0.2) is 4.98 Å². The van der Waals surface area contributed by atoms with Gasteiger partial charge in [-0.2, -0.15) is 4.39 Å². The van der Waals surface area contributed by atoms with Crippen molar-refractivity contribution in [2.45, 2.75) is 33.7 Å². The Kier molecular flexibility index (Phi) is 2.04. The normalized spacial score (nSPS) is 22.5. The lowest BCUT2D eigenvalue weighted by Crippen LogP contribution is -2.10. The van der Waals surface area contributed by atoms with Crippen LogP contribution in [0.4, 0.5) is 10.1 Å². The van der Waals surface area contributed by atoms with Crippen LogP contribution in [0.2, 0.25) is 0 Å². The maximum absolute atomic E-state index is 12.9. The van der Waals surface area contributed by atoms with Crippen molar-refractivity contribution in [3.63, 3.8) is 0 Å². The molecule has 0 bridgehead atoms. The maximum atomic E-state index is 12.9. The highest BCUT2D eigenvalue weighted by Gasteiger charge is 2.64. The smallest absolute Gasteiger partial charge is 0.214 e. The van der Waals surface area contributed by atoms with E-state index in [0.717, 1.165) is 5.69 Å². The van der Waals surface area contributed by atoms with Gasteiger partial charge in [-0.15, -0.1) is 0 Å². The van der Waals surface area contributed by atoms with Gasteiger partial charge in [-0.05, 0) is 16.9 Å². The molecular formula is C12H17FN2. The highest BCUT2D eigenvalue weighted by Crippen LogP contribution is 2.63. The predicted octanol–water partition coefficient (Wildman–Crippen LogP) is 3.07. The van der Waals surface area contributed by atoms with E-state index < -0.39 is 5.95 Å². The van der Waals surface area contributed by atoms with Crippen molar-refractivity contribution in [1.82, 2.24) is 4.98 Å². The summed E-state index contributed by atoms with van der Waals surface area (Å²) in [5.41, 5.74) is 1.32. The van der Waals surface area contributed by atoms with E-state index in [1.165, 1.54) is 12.3 Å². The third-order valence-electron chi connectivity index (χ3n) is 4.06. The van der Waals surface area contributed by atoms with Gasteiger partial charge in [0.2, 0.25) is 5.95 Å². The summed E-state index contributed by atoms with van der Waals surface area (Å²) in [6, 6.07) is 3.63. The van der Waals surface area contributed by atoms with Crippen LogP contribution in [0.15, 0.2) is 18.3 Å². The van der Waals surface area contributed by atoms with Crippen LogP contribution >= 0.6 is 0 Å². The first kappa shape index (κ1) is 10.4. The Morgan fingerprint density at radius 1 is 1.27 bits per heavy atom. The Morgan fingerprint density at radius 3 is 2.33 bits per heavy atom. The molecule has 0 aliphatic heterocycles. The van der Waals surface area contributed by atoms with Crippen LogP contribution in [0.3, 0.4) is 0 Å². The lowest BCUT2D eigenvalue weighted by molar-refractivity contribution is 0.457. The third kappa shape index (κ3) is 1.50. The molecule has 3 heteroatoms. The topological polar surface area (TPSA) is 24.9 Å². The molecule has 1 fully saturated rings. The molecule has 0 aromatic carbocycles. The first-order chi connectivity index (χ1) is 6.85. The largest absolute Gasteiger partial charge is 0.381 e. The Bertz CT molecular complexity index is 371. The number of hydrogen-bond acceptors (Lipinski definition) is 2. The zero-order valence-electron chi connectivity index (χ0n) is 9.63. The van der Waals surface area contributed by atoms with E-state index >= 15 is 0 Å². The van der Waals surface area contributed by atoms with E-state index in [1.54, 1.807) is 6.07 Å². The van der Waals surface area contributed by atoms with Crippen LogP contribution in [0.25, 0.3) is 0 Å². The monoisotopic (exact) mass is 208 g/mol. The van der Waals surface area contributed by atoms with Gasteiger partial charge in [0, 0.05) is 24.0 Å². The van der Waals surface area contributed by atoms with E-state index in [-0.39, 0.29) is 10.8 Å². The molecule has 1 aliphatic rings. The lowest BCUT2D eigenvalue weighted by Gasteiger charge is -2.07. The van der Waals surface area contributed by atoms with Crippen molar-refractivity contribution in [3.8, 4) is 0 Å². The van der Waals surface area contributed by atoms with E-state index in [9.17, 15) is 4.39 Å². The summed E-state index contributed by atoms with van der Waals surface area (Å²) in [6.45, 7) is 8.90. The molecule has 1 saturated carbocycles. The number of nitrogens with zero attached hydrogens (tertiary/aromatic N) is 1. The van der Waals surface area contributed by atoms with E-state index in [2.05, 4.69) is 38.0 Å². The molecule has 1 aliphatic carbocycles. The van der Waals surface area contributed by atoms with Crippen LogP contribution in [-0.4, -0.2) is 11.0 Å². The minimum absolute atomic E-state index is 0.257. The third-order valence-corrected chi connectivity index (χ3v) is 4.06. The number of nitrogens with one attached hydrogen (secondary N) is 1. The number of anilines is 1. The van der Waals surface area contributed by atoms with Crippen molar-refractivity contribution in [3.05, 3.63) is 24.3 Å². The average Bonchev–Trinajstić information content (AvgIpc) is 2.48. The molecule has 15 heavy (non-hydrogen) atoms. The number of rotatable bonds is 2. The van der Waals surface area contributed by atoms with Gasteiger partial charge >= 0.3 is 0 Å². The molecule has 0 atom stereocenters. The lowest BCUT2D eigenvalue weighted by atomic mass is 10.0. The van der Waals surface area contributed by atoms with Gasteiger partial charge in [0.25, 0.3) is 0 Å². The zero-order chi connectivity index (χ0) is 11.3. The van der Waals surface area contributed by atoms with Gasteiger partial charge in [-0.1, -0.05) is 27.7 Å². The summed E-state index contributed by atoms with van der Waals surface area (Å²) in [4.78, 5) is 3.53. The summed E-state index contributed by atoms with van der Waals surface area (Å²) in [5.74, 6) is -0.434. The van der Waals surface area contributed by atoms with Gasteiger partial charge < -0.3 is 5.32 Å². The van der Waals surface area contributed by atoms with Crippen LogP contribution in [0.1, 0.15) is 27.7 Å². The van der Waals surface area contributed by atoms with Crippen LogP contribution in [0.5, 0.6) is 0 Å². The first-order valence-electron chi connectivity index (χ1n) is 5.24. The quantitative estimate of drug-likeness (QED) is 0.755. The minimum Gasteiger partial charge on any atom is -0.381 e. The van der Waals surface area contributed by atoms with E-state index in [1.807, 2.05) is 0 Å². The van der Waals surface area contributed by atoms with Crippen LogP contribution < -0.4 is 5.32 Å². The first-order valence-corrected chi connectivity index (χ1v) is 5.24. The number of aromatic nitrogens is 1. The Morgan fingerprint density at radius 2 is 1.87 bits per heavy atom. The summed E-state index contributed by atoms with van der Waals surface area (Å²) in [7, 11) is 0. The van der Waals surface area contributed by atoms with Crippen molar-refractivity contribution >= 4 is 5.69 Å². The second-order valence-corrected chi connectivity index (χ2v) is 5.39. The second kappa shape index (κ2) is 2.94. The molecule has 1 heterocycles. The highest BCUT2D eigenvalue weighted by atomic mass is 19.1. The van der Waals surface area contributed by atoms with Gasteiger partial charge in [0.15, 0.2) is 0 Å². The molecule has 2 nitrogen and oxygen atoms in total. The van der Waals surface area contributed by atoms with Crippen molar-refractivity contribution in [2.24, 2.45) is 10.8 Å². The van der Waals surface area contributed by atoms with Crippen molar-refractivity contribution in [1.29, 1.82) is 0 Å². The van der Waals surface area contributed by atoms with Crippen molar-refractivity contribution < 1.29 is 4.39 Å². The number of pyridine rings is 1. The number of halogens is 1. The summed E-state index contributed by atoms with van der Waals surface area (Å²) in [6.07, 6.45) is 1.49. The fraction of sp³-hybridized carbons (Fsp3) is 0.583.